The summed E-state index contributed by atoms with van der Waals surface area (Å²) in [6, 6.07) is 8.04. The number of aromatic nitrogens is 1. The number of nitrogens with zero attached hydrogens (tertiary/aromatic N) is 1. The summed E-state index contributed by atoms with van der Waals surface area (Å²) in [6.45, 7) is 0.742. The Kier molecular flexibility index (Phi) is 3.08. The Morgan fingerprint density at radius 2 is 2.22 bits per heavy atom. The fourth-order valence-electron chi connectivity index (χ4n) is 2.12. The molecule has 2 N–H and O–H groups in total. The lowest BCUT2D eigenvalue weighted by atomic mass is 9.95. The Balaban J connectivity index is 1.70. The molecule has 1 aromatic heterocycles. The maximum atomic E-state index is 12.1. The van der Waals surface area contributed by atoms with Crippen LogP contribution >= 0.6 is 11.3 Å². The lowest BCUT2D eigenvalue weighted by Crippen LogP contribution is -2.44. The molecule has 0 spiro atoms. The van der Waals surface area contributed by atoms with E-state index in [1.165, 1.54) is 22.5 Å². The van der Waals surface area contributed by atoms with Gasteiger partial charge in [0.2, 0.25) is 5.91 Å². The predicted molar refractivity (Wildman–Crippen MR) is 71.5 cm³/mol. The molecule has 2 aromatic rings. The van der Waals surface area contributed by atoms with Crippen LogP contribution in [-0.4, -0.2) is 16.9 Å². The number of anilines is 1. The first-order chi connectivity index (χ1) is 8.83. The molecule has 0 fully saturated rings. The van der Waals surface area contributed by atoms with E-state index >= 15 is 0 Å². The van der Waals surface area contributed by atoms with E-state index in [-0.39, 0.29) is 11.9 Å². The van der Waals surface area contributed by atoms with Crippen LogP contribution in [0.3, 0.4) is 0 Å². The second-order valence-corrected chi connectivity index (χ2v) is 5.13. The van der Waals surface area contributed by atoms with Crippen molar-refractivity contribution in [1.29, 1.82) is 0 Å². The molecule has 3 rings (SSSR count). The molecule has 0 radical (unpaired) electrons. The molecule has 1 atom stereocenters. The van der Waals surface area contributed by atoms with Gasteiger partial charge in [-0.05, 0) is 17.5 Å². The van der Waals surface area contributed by atoms with Gasteiger partial charge in [0, 0.05) is 18.1 Å². The van der Waals surface area contributed by atoms with Gasteiger partial charge in [0.05, 0.1) is 6.04 Å². The summed E-state index contributed by atoms with van der Waals surface area (Å²) in [7, 11) is 0. The number of fused-ring (bicyclic) bond motifs is 1. The monoisotopic (exact) mass is 259 g/mol. The molecule has 5 heteroatoms. The molecular weight excluding hydrogens is 246 g/mol. The van der Waals surface area contributed by atoms with Crippen molar-refractivity contribution in [3.05, 3.63) is 47.0 Å². The van der Waals surface area contributed by atoms with Crippen molar-refractivity contribution < 1.29 is 4.79 Å². The van der Waals surface area contributed by atoms with Gasteiger partial charge in [0.1, 0.15) is 0 Å². The van der Waals surface area contributed by atoms with Crippen molar-refractivity contribution in [3.63, 3.8) is 0 Å². The first kappa shape index (κ1) is 11.4. The second-order valence-electron chi connectivity index (χ2n) is 4.23. The molecule has 1 aliphatic rings. The van der Waals surface area contributed by atoms with E-state index in [0.717, 1.165) is 13.0 Å². The van der Waals surface area contributed by atoms with Gasteiger partial charge in [0.15, 0.2) is 5.13 Å². The lowest BCUT2D eigenvalue weighted by Gasteiger charge is -2.24. The molecule has 4 nitrogen and oxygen atoms in total. The summed E-state index contributed by atoms with van der Waals surface area (Å²) < 4.78 is 0. The number of thiazole rings is 1. The molecule has 18 heavy (non-hydrogen) atoms. The van der Waals surface area contributed by atoms with Gasteiger partial charge in [0.25, 0.3) is 0 Å². The van der Waals surface area contributed by atoms with Crippen LogP contribution in [0.4, 0.5) is 5.13 Å². The minimum atomic E-state index is -0.177. The number of carbonyl (C=O) groups excluding carboxylic acids is 1. The second kappa shape index (κ2) is 4.88. The molecule has 0 saturated heterocycles. The largest absolute Gasteiger partial charge is 0.301 e. The van der Waals surface area contributed by atoms with Crippen LogP contribution in [0.2, 0.25) is 0 Å². The lowest BCUT2D eigenvalue weighted by molar-refractivity contribution is -0.118. The fraction of sp³-hybridized carbons (Fsp3) is 0.231. The molecule has 2 heterocycles. The molecular formula is C13H13N3OS. The molecule has 1 amide bonds. The van der Waals surface area contributed by atoms with Gasteiger partial charge in [-0.1, -0.05) is 24.3 Å². The van der Waals surface area contributed by atoms with Crippen molar-refractivity contribution >= 4 is 22.4 Å². The van der Waals surface area contributed by atoms with E-state index in [1.807, 2.05) is 17.5 Å². The number of hydrogen-bond acceptors (Lipinski definition) is 4. The Morgan fingerprint density at radius 3 is 3.00 bits per heavy atom. The SMILES string of the molecule is O=C(Nc1nccs1)[C@@H]1Cc2ccccc2CN1. The minimum Gasteiger partial charge on any atom is -0.301 e. The summed E-state index contributed by atoms with van der Waals surface area (Å²) in [5.41, 5.74) is 2.52. The summed E-state index contributed by atoms with van der Waals surface area (Å²) in [5.74, 6) is -0.0144. The van der Waals surface area contributed by atoms with Crippen LogP contribution in [0.1, 0.15) is 11.1 Å². The molecule has 0 saturated carbocycles. The minimum absolute atomic E-state index is 0.0144. The molecule has 1 aliphatic heterocycles. The van der Waals surface area contributed by atoms with Gasteiger partial charge in [-0.3, -0.25) is 4.79 Å². The van der Waals surface area contributed by atoms with Crippen LogP contribution in [0.25, 0.3) is 0 Å². The predicted octanol–water partition coefficient (Wildman–Crippen LogP) is 1.80. The van der Waals surface area contributed by atoms with Gasteiger partial charge >= 0.3 is 0 Å². The molecule has 92 valence electrons. The van der Waals surface area contributed by atoms with Gasteiger partial charge in [-0.2, -0.15) is 0 Å². The van der Waals surface area contributed by atoms with E-state index in [2.05, 4.69) is 27.8 Å². The Hall–Kier alpha value is -1.72. The zero-order chi connectivity index (χ0) is 12.4. The number of nitrogens with one attached hydrogen (secondary N) is 2. The van der Waals surface area contributed by atoms with Gasteiger partial charge in [-0.25, -0.2) is 4.98 Å². The zero-order valence-corrected chi connectivity index (χ0v) is 10.5. The average Bonchev–Trinajstić information content (AvgIpc) is 2.91. The summed E-state index contributed by atoms with van der Waals surface area (Å²) >= 11 is 1.43. The topological polar surface area (TPSA) is 54.0 Å². The summed E-state index contributed by atoms with van der Waals surface area (Å²) in [5, 5.41) is 8.58. The van der Waals surface area contributed by atoms with E-state index < -0.39 is 0 Å². The summed E-state index contributed by atoms with van der Waals surface area (Å²) in [6.07, 6.45) is 2.41. The van der Waals surface area contributed by atoms with Crippen LogP contribution in [-0.2, 0) is 17.8 Å². The zero-order valence-electron chi connectivity index (χ0n) is 9.72. The van der Waals surface area contributed by atoms with E-state index in [4.69, 9.17) is 0 Å². The number of carbonyl (C=O) groups is 1. The highest BCUT2D eigenvalue weighted by Crippen LogP contribution is 2.18. The maximum Gasteiger partial charge on any atom is 0.243 e. The highest BCUT2D eigenvalue weighted by atomic mass is 32.1. The summed E-state index contributed by atoms with van der Waals surface area (Å²) in [4.78, 5) is 16.1. The van der Waals surface area contributed by atoms with Crippen LogP contribution < -0.4 is 10.6 Å². The van der Waals surface area contributed by atoms with Crippen molar-refractivity contribution in [1.82, 2.24) is 10.3 Å². The number of amides is 1. The highest BCUT2D eigenvalue weighted by molar-refractivity contribution is 7.13. The average molecular weight is 259 g/mol. The fourth-order valence-corrected chi connectivity index (χ4v) is 2.65. The Morgan fingerprint density at radius 1 is 1.39 bits per heavy atom. The van der Waals surface area contributed by atoms with Crippen LogP contribution in [0.15, 0.2) is 35.8 Å². The first-order valence-electron chi connectivity index (χ1n) is 5.83. The normalized spacial score (nSPS) is 18.1. The third-order valence-corrected chi connectivity index (χ3v) is 3.75. The van der Waals surface area contributed by atoms with E-state index in [0.29, 0.717) is 5.13 Å². The third-order valence-electron chi connectivity index (χ3n) is 3.06. The molecule has 0 aliphatic carbocycles. The maximum absolute atomic E-state index is 12.1. The van der Waals surface area contributed by atoms with E-state index in [9.17, 15) is 4.79 Å². The highest BCUT2D eigenvalue weighted by Gasteiger charge is 2.24. The van der Waals surface area contributed by atoms with Crippen molar-refractivity contribution in [2.24, 2.45) is 0 Å². The Labute approximate surface area is 109 Å². The third kappa shape index (κ3) is 2.27. The van der Waals surface area contributed by atoms with Crippen molar-refractivity contribution in [2.45, 2.75) is 19.0 Å². The van der Waals surface area contributed by atoms with Crippen molar-refractivity contribution in [3.8, 4) is 0 Å². The first-order valence-corrected chi connectivity index (χ1v) is 6.71. The quantitative estimate of drug-likeness (QED) is 0.864. The molecule has 0 bridgehead atoms. The Bertz CT molecular complexity index is 553. The van der Waals surface area contributed by atoms with Crippen LogP contribution in [0.5, 0.6) is 0 Å². The number of rotatable bonds is 2. The number of benzene rings is 1. The smallest absolute Gasteiger partial charge is 0.243 e. The van der Waals surface area contributed by atoms with Crippen molar-refractivity contribution in [2.75, 3.05) is 5.32 Å². The molecule has 1 aromatic carbocycles. The van der Waals surface area contributed by atoms with Gasteiger partial charge in [-0.15, -0.1) is 11.3 Å². The van der Waals surface area contributed by atoms with E-state index in [1.54, 1.807) is 6.20 Å². The number of hydrogen-bond donors (Lipinski definition) is 2. The standard InChI is InChI=1S/C13H13N3OS/c17-12(16-13-14-5-6-18-13)11-7-9-3-1-2-4-10(9)8-15-11/h1-6,11,15H,7-8H2,(H,14,16,17)/t11-/m0/s1. The molecule has 0 unspecified atom stereocenters. The van der Waals surface area contributed by atoms with Gasteiger partial charge < -0.3 is 10.6 Å². The van der Waals surface area contributed by atoms with Crippen LogP contribution in [0, 0.1) is 0 Å².